The maximum Gasteiger partial charge on any atom is 0.253 e. The molecule has 1 fully saturated rings. The van der Waals surface area contributed by atoms with E-state index in [1.165, 1.54) is 21.1 Å². The first-order valence-electron chi connectivity index (χ1n) is 7.32. The maximum atomic E-state index is 13.1. The Morgan fingerprint density at radius 3 is 2.59 bits per heavy atom. The van der Waals surface area contributed by atoms with E-state index in [0.717, 1.165) is 29.5 Å². The summed E-state index contributed by atoms with van der Waals surface area (Å²) in [6.07, 6.45) is 4.03. The van der Waals surface area contributed by atoms with Gasteiger partial charge >= 0.3 is 0 Å². The van der Waals surface area contributed by atoms with Gasteiger partial charge in [0.1, 0.15) is 4.21 Å². The Labute approximate surface area is 148 Å². The highest BCUT2D eigenvalue weighted by atomic mass is 79.9. The molecule has 0 spiro atoms. The molecule has 1 aliphatic heterocycles. The van der Waals surface area contributed by atoms with Crippen LogP contribution in [0.3, 0.4) is 0 Å². The molecule has 2 aromatic heterocycles. The third-order valence-corrected chi connectivity index (χ3v) is 9.01. The van der Waals surface area contributed by atoms with Gasteiger partial charge in [-0.2, -0.15) is 4.31 Å². The van der Waals surface area contributed by atoms with Crippen LogP contribution in [0.25, 0.3) is 0 Å². The van der Waals surface area contributed by atoms with E-state index in [0.29, 0.717) is 10.8 Å². The average Bonchev–Trinajstić information content (AvgIpc) is 3.01. The Kier molecular flexibility index (Phi) is 5.09. The molecule has 0 bridgehead atoms. The zero-order chi connectivity index (χ0) is 15.7. The third-order valence-electron chi connectivity index (χ3n) is 3.90. The van der Waals surface area contributed by atoms with Crippen molar-refractivity contribution in [2.75, 3.05) is 6.54 Å². The van der Waals surface area contributed by atoms with Crippen LogP contribution in [-0.2, 0) is 10.0 Å². The van der Waals surface area contributed by atoms with Crippen LogP contribution in [0.15, 0.2) is 32.3 Å². The summed E-state index contributed by atoms with van der Waals surface area (Å²) in [5.41, 5.74) is 0. The van der Waals surface area contributed by atoms with E-state index in [4.69, 9.17) is 0 Å². The van der Waals surface area contributed by atoms with Crippen molar-refractivity contribution in [3.8, 4) is 0 Å². The van der Waals surface area contributed by atoms with Crippen molar-refractivity contribution in [3.63, 3.8) is 0 Å². The lowest BCUT2D eigenvalue weighted by Gasteiger charge is -2.27. The van der Waals surface area contributed by atoms with E-state index in [2.05, 4.69) is 35.0 Å². The molecule has 1 aliphatic rings. The predicted octanol–water partition coefficient (Wildman–Crippen LogP) is 5.19. The summed E-state index contributed by atoms with van der Waals surface area (Å²) in [5.74, 6) is 0. The van der Waals surface area contributed by atoms with Gasteiger partial charge in [0.25, 0.3) is 10.0 Å². The highest BCUT2D eigenvalue weighted by Gasteiger charge is 2.34. The van der Waals surface area contributed by atoms with Gasteiger partial charge in [-0.25, -0.2) is 8.42 Å². The van der Waals surface area contributed by atoms with Crippen molar-refractivity contribution in [1.82, 2.24) is 4.31 Å². The van der Waals surface area contributed by atoms with Gasteiger partial charge in [0.2, 0.25) is 0 Å². The van der Waals surface area contributed by atoms with E-state index < -0.39 is 10.0 Å². The summed E-state index contributed by atoms with van der Waals surface area (Å²) < 4.78 is 29.1. The quantitative estimate of drug-likeness (QED) is 0.686. The molecule has 1 saturated heterocycles. The van der Waals surface area contributed by atoms with E-state index >= 15 is 0 Å². The molecule has 1 unspecified atom stereocenters. The average molecular weight is 420 g/mol. The summed E-state index contributed by atoms with van der Waals surface area (Å²) in [6, 6.07) is 7.65. The number of hydrogen-bond donors (Lipinski definition) is 0. The topological polar surface area (TPSA) is 37.4 Å². The van der Waals surface area contributed by atoms with Crippen LogP contribution in [0.4, 0.5) is 0 Å². The number of nitrogens with zero attached hydrogens (tertiary/aromatic N) is 1. The second kappa shape index (κ2) is 6.73. The second-order valence-electron chi connectivity index (χ2n) is 5.49. The molecule has 22 heavy (non-hydrogen) atoms. The molecule has 3 rings (SSSR count). The van der Waals surface area contributed by atoms with Crippen LogP contribution in [-0.4, -0.2) is 19.3 Å². The highest BCUT2D eigenvalue weighted by Crippen LogP contribution is 2.39. The zero-order valence-corrected chi connectivity index (χ0v) is 16.3. The van der Waals surface area contributed by atoms with Gasteiger partial charge in [-0.1, -0.05) is 12.8 Å². The minimum absolute atomic E-state index is 0.0212. The molecular formula is C15H18BrNO2S3. The molecule has 0 saturated carbocycles. The smallest absolute Gasteiger partial charge is 0.206 e. The highest BCUT2D eigenvalue weighted by molar-refractivity contribution is 9.11. The lowest BCUT2D eigenvalue weighted by atomic mass is 10.1. The van der Waals surface area contributed by atoms with E-state index in [-0.39, 0.29) is 6.04 Å². The minimum Gasteiger partial charge on any atom is -0.206 e. The second-order valence-corrected chi connectivity index (χ2v) is 11.4. The number of hydrogen-bond acceptors (Lipinski definition) is 4. The van der Waals surface area contributed by atoms with Gasteiger partial charge in [-0.3, -0.25) is 0 Å². The number of thiophene rings is 2. The van der Waals surface area contributed by atoms with Crippen LogP contribution >= 0.6 is 38.6 Å². The first-order valence-corrected chi connectivity index (χ1v) is 11.2. The van der Waals surface area contributed by atoms with Crippen LogP contribution in [0.5, 0.6) is 0 Å². The summed E-state index contributed by atoms with van der Waals surface area (Å²) in [4.78, 5) is 2.40. The molecule has 0 aromatic carbocycles. The van der Waals surface area contributed by atoms with Gasteiger partial charge in [-0.05, 0) is 60.0 Å². The summed E-state index contributed by atoms with van der Waals surface area (Å²) in [7, 11) is -3.42. The fourth-order valence-electron chi connectivity index (χ4n) is 2.84. The third kappa shape index (κ3) is 3.33. The lowest BCUT2D eigenvalue weighted by Crippen LogP contribution is -2.34. The Bertz CT molecular complexity index is 750. The van der Waals surface area contributed by atoms with E-state index in [1.807, 2.05) is 0 Å². The van der Waals surface area contributed by atoms with Crippen LogP contribution < -0.4 is 0 Å². The Balaban J connectivity index is 2.00. The van der Waals surface area contributed by atoms with Gasteiger partial charge in [0.15, 0.2) is 0 Å². The van der Waals surface area contributed by atoms with Crippen LogP contribution in [0.1, 0.15) is 41.5 Å². The van der Waals surface area contributed by atoms with Crippen LogP contribution in [0.2, 0.25) is 0 Å². The molecule has 0 amide bonds. The van der Waals surface area contributed by atoms with Crippen molar-refractivity contribution < 1.29 is 8.42 Å². The molecule has 2 aromatic rings. The Morgan fingerprint density at radius 2 is 1.95 bits per heavy atom. The van der Waals surface area contributed by atoms with Crippen LogP contribution in [0, 0.1) is 6.92 Å². The van der Waals surface area contributed by atoms with Crippen molar-refractivity contribution >= 4 is 48.6 Å². The molecule has 3 heterocycles. The number of rotatable bonds is 3. The zero-order valence-electron chi connectivity index (χ0n) is 12.3. The first kappa shape index (κ1) is 16.6. The van der Waals surface area contributed by atoms with E-state index in [1.54, 1.807) is 27.8 Å². The van der Waals surface area contributed by atoms with E-state index in [9.17, 15) is 8.42 Å². The summed E-state index contributed by atoms with van der Waals surface area (Å²) >= 11 is 6.36. The Morgan fingerprint density at radius 1 is 1.14 bits per heavy atom. The maximum absolute atomic E-state index is 13.1. The molecule has 0 aliphatic carbocycles. The monoisotopic (exact) mass is 419 g/mol. The number of halogens is 1. The van der Waals surface area contributed by atoms with Crippen molar-refractivity contribution in [3.05, 3.63) is 37.8 Å². The number of sulfonamides is 1. The van der Waals surface area contributed by atoms with Crippen molar-refractivity contribution in [1.29, 1.82) is 0 Å². The SMILES string of the molecule is Cc1ccc(C2CCCCCN2S(=O)(=O)c2ccc(Br)s2)s1. The largest absolute Gasteiger partial charge is 0.253 e. The molecule has 1 atom stereocenters. The minimum atomic E-state index is -3.42. The normalized spacial score (nSPS) is 20.9. The van der Waals surface area contributed by atoms with Gasteiger partial charge in [-0.15, -0.1) is 22.7 Å². The van der Waals surface area contributed by atoms with Gasteiger partial charge in [0.05, 0.1) is 9.83 Å². The molecule has 120 valence electrons. The van der Waals surface area contributed by atoms with Gasteiger partial charge < -0.3 is 0 Å². The fraction of sp³-hybridized carbons (Fsp3) is 0.467. The molecule has 3 nitrogen and oxygen atoms in total. The molecular weight excluding hydrogens is 402 g/mol. The molecule has 0 radical (unpaired) electrons. The summed E-state index contributed by atoms with van der Waals surface area (Å²) in [6.45, 7) is 2.68. The number of aryl methyl sites for hydroxylation is 1. The molecule has 7 heteroatoms. The predicted molar refractivity (Wildman–Crippen MR) is 96.2 cm³/mol. The standard InChI is InChI=1S/C15H18BrNO2S3/c1-11-6-7-13(20-11)12-5-3-2-4-10-17(12)22(18,19)15-9-8-14(16)21-15/h6-9,12H,2-5,10H2,1H3. The fourth-order valence-corrected chi connectivity index (χ4v) is 7.74. The first-order chi connectivity index (χ1) is 10.5. The van der Waals surface area contributed by atoms with Gasteiger partial charge in [0, 0.05) is 16.3 Å². The molecule has 0 N–H and O–H groups in total. The van der Waals surface area contributed by atoms with Crippen molar-refractivity contribution in [2.24, 2.45) is 0 Å². The Hall–Kier alpha value is -0.210. The summed E-state index contributed by atoms with van der Waals surface area (Å²) in [5, 5.41) is 0. The lowest BCUT2D eigenvalue weighted by molar-refractivity contribution is 0.334. The van der Waals surface area contributed by atoms with Crippen molar-refractivity contribution in [2.45, 2.75) is 42.9 Å².